The summed E-state index contributed by atoms with van der Waals surface area (Å²) in [6.07, 6.45) is 3.31. The minimum absolute atomic E-state index is 0.172. The van der Waals surface area contributed by atoms with Crippen molar-refractivity contribution < 1.29 is 13.2 Å². The minimum Gasteiger partial charge on any atom is -0.308 e. The predicted octanol–water partition coefficient (Wildman–Crippen LogP) is 4.37. The molecule has 1 fully saturated rings. The van der Waals surface area contributed by atoms with Crippen LogP contribution in [0.3, 0.4) is 0 Å². The van der Waals surface area contributed by atoms with Crippen LogP contribution in [0.4, 0.5) is 5.69 Å². The highest BCUT2D eigenvalue weighted by atomic mass is 35.5. The Morgan fingerprint density at radius 2 is 1.64 bits per heavy atom. The number of benzene rings is 2. The molecule has 5 nitrogen and oxygen atoms in total. The summed E-state index contributed by atoms with van der Waals surface area (Å²) in [5.41, 5.74) is 2.08. The molecule has 0 unspecified atom stereocenters. The number of hydrogen-bond donors (Lipinski definition) is 0. The van der Waals surface area contributed by atoms with Gasteiger partial charge in [0.05, 0.1) is 14.9 Å². The molecule has 1 amide bonds. The van der Waals surface area contributed by atoms with E-state index < -0.39 is 10.0 Å². The summed E-state index contributed by atoms with van der Waals surface area (Å²) >= 11 is 12.0. The number of aryl methyl sites for hydroxylation is 1. The van der Waals surface area contributed by atoms with Crippen LogP contribution in [0, 0.1) is 0 Å². The van der Waals surface area contributed by atoms with Crippen molar-refractivity contribution in [2.45, 2.75) is 30.6 Å². The Kier molecular flexibility index (Phi) is 5.40. The molecule has 0 radical (unpaired) electrons. The molecule has 1 saturated heterocycles. The first-order chi connectivity index (χ1) is 13.4. The molecule has 0 N–H and O–H groups in total. The summed E-state index contributed by atoms with van der Waals surface area (Å²) in [6, 6.07) is 9.88. The van der Waals surface area contributed by atoms with Gasteiger partial charge in [-0.1, -0.05) is 23.2 Å². The number of fused-ring (bicyclic) bond motifs is 1. The molecular formula is C20H20Cl2N2O3S. The van der Waals surface area contributed by atoms with Crippen molar-refractivity contribution in [1.82, 2.24) is 4.31 Å². The highest BCUT2D eigenvalue weighted by molar-refractivity contribution is 7.89. The maximum absolute atomic E-state index is 13.0. The fourth-order valence-electron chi connectivity index (χ4n) is 3.81. The van der Waals surface area contributed by atoms with Crippen molar-refractivity contribution in [3.8, 4) is 0 Å². The summed E-state index contributed by atoms with van der Waals surface area (Å²) in [6.45, 7) is 1.72. The average molecular weight is 439 g/mol. The van der Waals surface area contributed by atoms with Crippen LogP contribution in [0.1, 0.15) is 35.2 Å². The van der Waals surface area contributed by atoms with Gasteiger partial charge in [-0.2, -0.15) is 4.31 Å². The molecule has 0 saturated carbocycles. The Bertz CT molecular complexity index is 1030. The number of rotatable bonds is 3. The average Bonchev–Trinajstić information content (AvgIpc) is 3.24. The van der Waals surface area contributed by atoms with E-state index in [9.17, 15) is 13.2 Å². The van der Waals surface area contributed by atoms with Crippen LogP contribution in [-0.2, 0) is 16.4 Å². The molecule has 0 atom stereocenters. The van der Waals surface area contributed by atoms with E-state index in [2.05, 4.69) is 0 Å². The Morgan fingerprint density at radius 3 is 2.36 bits per heavy atom. The van der Waals surface area contributed by atoms with Gasteiger partial charge in [-0.15, -0.1) is 0 Å². The van der Waals surface area contributed by atoms with Crippen molar-refractivity contribution in [3.63, 3.8) is 0 Å². The van der Waals surface area contributed by atoms with Crippen molar-refractivity contribution in [3.05, 3.63) is 57.6 Å². The first-order valence-electron chi connectivity index (χ1n) is 9.28. The van der Waals surface area contributed by atoms with E-state index in [1.807, 2.05) is 0 Å². The lowest BCUT2D eigenvalue weighted by Crippen LogP contribution is -2.35. The van der Waals surface area contributed by atoms with Gasteiger partial charge in [0.25, 0.3) is 5.91 Å². The van der Waals surface area contributed by atoms with Crippen LogP contribution in [0.25, 0.3) is 0 Å². The quantitative estimate of drug-likeness (QED) is 0.714. The highest BCUT2D eigenvalue weighted by Crippen LogP contribution is 2.33. The van der Waals surface area contributed by atoms with E-state index in [0.717, 1.165) is 36.9 Å². The van der Waals surface area contributed by atoms with Crippen LogP contribution in [0.5, 0.6) is 0 Å². The number of carbonyl (C=O) groups is 1. The second kappa shape index (κ2) is 7.67. The zero-order valence-corrected chi connectivity index (χ0v) is 17.5. The Labute approximate surface area is 174 Å². The van der Waals surface area contributed by atoms with Crippen molar-refractivity contribution >= 4 is 44.8 Å². The monoisotopic (exact) mass is 438 g/mol. The number of anilines is 1. The predicted molar refractivity (Wildman–Crippen MR) is 111 cm³/mol. The molecule has 28 heavy (non-hydrogen) atoms. The van der Waals surface area contributed by atoms with Gasteiger partial charge in [0.2, 0.25) is 10.0 Å². The molecule has 148 valence electrons. The van der Waals surface area contributed by atoms with Crippen LogP contribution in [0.2, 0.25) is 10.0 Å². The summed E-state index contributed by atoms with van der Waals surface area (Å²) in [4.78, 5) is 15.0. The first kappa shape index (κ1) is 19.7. The normalized spacial score (nSPS) is 17.6. The van der Waals surface area contributed by atoms with Crippen LogP contribution in [-0.4, -0.2) is 38.3 Å². The third-order valence-electron chi connectivity index (χ3n) is 5.28. The number of nitrogens with zero attached hydrogens (tertiary/aromatic N) is 2. The highest BCUT2D eigenvalue weighted by Gasteiger charge is 2.30. The minimum atomic E-state index is -3.47. The van der Waals surface area contributed by atoms with Gasteiger partial charge in [-0.3, -0.25) is 4.79 Å². The molecule has 2 heterocycles. The third kappa shape index (κ3) is 3.54. The van der Waals surface area contributed by atoms with Gasteiger partial charge in [-0.25, -0.2) is 8.42 Å². The van der Waals surface area contributed by atoms with Crippen LogP contribution >= 0.6 is 23.2 Å². The van der Waals surface area contributed by atoms with E-state index in [1.165, 1.54) is 4.31 Å². The molecule has 0 aliphatic carbocycles. The molecule has 4 rings (SSSR count). The van der Waals surface area contributed by atoms with Gasteiger partial charge in [0.1, 0.15) is 0 Å². The first-order valence-corrected chi connectivity index (χ1v) is 11.5. The standard InChI is InChI=1S/C20H20Cl2N2O3S/c21-17-7-5-15(13-18(17)22)20(25)24-11-3-4-14-12-16(6-8-19(14)24)28(26,27)23-9-1-2-10-23/h5-8,12-13H,1-4,9-11H2. The zero-order chi connectivity index (χ0) is 19.9. The van der Waals surface area contributed by atoms with E-state index in [1.54, 1.807) is 41.3 Å². The van der Waals surface area contributed by atoms with Crippen molar-refractivity contribution in [2.24, 2.45) is 0 Å². The summed E-state index contributed by atoms with van der Waals surface area (Å²) in [7, 11) is -3.47. The van der Waals surface area contributed by atoms with Gasteiger partial charge >= 0.3 is 0 Å². The molecule has 2 aliphatic rings. The van der Waals surface area contributed by atoms with Gasteiger partial charge < -0.3 is 4.90 Å². The molecule has 0 bridgehead atoms. The molecule has 2 aromatic rings. The van der Waals surface area contributed by atoms with Crippen LogP contribution < -0.4 is 4.90 Å². The van der Waals surface area contributed by atoms with E-state index in [0.29, 0.717) is 40.1 Å². The Morgan fingerprint density at radius 1 is 0.893 bits per heavy atom. The lowest BCUT2D eigenvalue weighted by molar-refractivity contribution is 0.0985. The lowest BCUT2D eigenvalue weighted by atomic mass is 10.0. The Balaban J connectivity index is 1.66. The van der Waals surface area contributed by atoms with Gasteiger partial charge in [0, 0.05) is 30.9 Å². The molecule has 0 spiro atoms. The molecule has 2 aromatic carbocycles. The molecule has 8 heteroatoms. The van der Waals surface area contributed by atoms with E-state index >= 15 is 0 Å². The van der Waals surface area contributed by atoms with Gasteiger partial charge in [0.15, 0.2) is 0 Å². The summed E-state index contributed by atoms with van der Waals surface area (Å²) < 4.78 is 27.2. The maximum Gasteiger partial charge on any atom is 0.258 e. The number of sulfonamides is 1. The topological polar surface area (TPSA) is 57.7 Å². The smallest absolute Gasteiger partial charge is 0.258 e. The fourth-order valence-corrected chi connectivity index (χ4v) is 5.67. The van der Waals surface area contributed by atoms with Crippen LogP contribution in [0.15, 0.2) is 41.3 Å². The number of carbonyl (C=O) groups excluding carboxylic acids is 1. The SMILES string of the molecule is O=C(c1ccc(Cl)c(Cl)c1)N1CCCc2cc(S(=O)(=O)N3CCCC3)ccc21. The largest absolute Gasteiger partial charge is 0.308 e. The lowest BCUT2D eigenvalue weighted by Gasteiger charge is -2.30. The molecular weight excluding hydrogens is 419 g/mol. The van der Waals surface area contributed by atoms with Crippen molar-refractivity contribution in [1.29, 1.82) is 0 Å². The van der Waals surface area contributed by atoms with E-state index in [-0.39, 0.29) is 5.91 Å². The zero-order valence-electron chi connectivity index (χ0n) is 15.2. The van der Waals surface area contributed by atoms with Gasteiger partial charge in [-0.05, 0) is 67.6 Å². The summed E-state index contributed by atoms with van der Waals surface area (Å²) in [5, 5.41) is 0.728. The number of amides is 1. The fraction of sp³-hybridized carbons (Fsp3) is 0.350. The number of halogens is 2. The number of hydrogen-bond acceptors (Lipinski definition) is 3. The van der Waals surface area contributed by atoms with Crippen molar-refractivity contribution in [2.75, 3.05) is 24.5 Å². The van der Waals surface area contributed by atoms with E-state index in [4.69, 9.17) is 23.2 Å². The second-order valence-electron chi connectivity index (χ2n) is 7.09. The maximum atomic E-state index is 13.0. The Hall–Kier alpha value is -1.60. The summed E-state index contributed by atoms with van der Waals surface area (Å²) in [5.74, 6) is -0.172. The molecule has 2 aliphatic heterocycles. The second-order valence-corrected chi connectivity index (χ2v) is 9.84. The third-order valence-corrected chi connectivity index (χ3v) is 7.92. The molecule has 0 aromatic heterocycles.